The number of rotatable bonds is 6. The molecule has 2 heterocycles. The molecule has 0 radical (unpaired) electrons. The topological polar surface area (TPSA) is 72.6 Å². The predicted octanol–water partition coefficient (Wildman–Crippen LogP) is 1.95. The maximum atomic E-state index is 12.7. The van der Waals surface area contributed by atoms with E-state index in [1.165, 1.54) is 6.20 Å². The van der Waals surface area contributed by atoms with Crippen molar-refractivity contribution < 1.29 is 17.7 Å². The summed E-state index contributed by atoms with van der Waals surface area (Å²) in [6, 6.07) is 0.0539. The van der Waals surface area contributed by atoms with Crippen molar-refractivity contribution in [3.63, 3.8) is 0 Å². The molecular weight excluding hydrogens is 280 g/mol. The zero-order valence-electron chi connectivity index (χ0n) is 12.0. The number of nitrogens with zero attached hydrogens (tertiary/aromatic N) is 2. The number of aryl methyl sites for hydroxylation is 1. The molecule has 1 saturated heterocycles. The molecule has 1 aromatic heterocycles. The van der Waals surface area contributed by atoms with Crippen LogP contribution in [0, 0.1) is 6.92 Å². The number of hydrogen-bond donors (Lipinski definition) is 0. The molecule has 1 fully saturated rings. The van der Waals surface area contributed by atoms with Gasteiger partial charge in [-0.25, -0.2) is 8.42 Å². The molecule has 1 aliphatic rings. The summed E-state index contributed by atoms with van der Waals surface area (Å²) in [6.07, 6.45) is 5.89. The number of hydrogen-bond acceptors (Lipinski definition) is 5. The zero-order chi connectivity index (χ0) is 14.6. The SMILES string of the molecule is COCCC[C@H]1CCCCN1S(=O)(=O)c1cnoc1C. The Morgan fingerprint density at radius 1 is 1.50 bits per heavy atom. The molecule has 1 aromatic rings. The van der Waals surface area contributed by atoms with Crippen LogP contribution in [0.2, 0.25) is 0 Å². The minimum absolute atomic E-state index is 0.0539. The number of aromatic nitrogens is 1. The van der Waals surface area contributed by atoms with Gasteiger partial charge < -0.3 is 9.26 Å². The Hall–Kier alpha value is -0.920. The van der Waals surface area contributed by atoms with E-state index in [2.05, 4.69) is 5.16 Å². The van der Waals surface area contributed by atoms with E-state index in [-0.39, 0.29) is 10.9 Å². The first kappa shape index (κ1) is 15.5. The minimum atomic E-state index is -3.50. The molecule has 0 aliphatic carbocycles. The van der Waals surface area contributed by atoms with E-state index in [1.54, 1.807) is 18.3 Å². The van der Waals surface area contributed by atoms with E-state index in [0.29, 0.717) is 18.9 Å². The van der Waals surface area contributed by atoms with Gasteiger partial charge in [-0.15, -0.1) is 0 Å². The molecular formula is C13H22N2O4S. The Bertz CT molecular complexity index is 526. The molecule has 0 saturated carbocycles. The van der Waals surface area contributed by atoms with Crippen LogP contribution in [0.3, 0.4) is 0 Å². The Labute approximate surface area is 120 Å². The predicted molar refractivity (Wildman–Crippen MR) is 73.9 cm³/mol. The summed E-state index contributed by atoms with van der Waals surface area (Å²) in [6.45, 7) is 2.87. The Kier molecular flexibility index (Phi) is 5.17. The molecule has 1 aliphatic heterocycles. The molecule has 0 amide bonds. The van der Waals surface area contributed by atoms with E-state index in [4.69, 9.17) is 9.26 Å². The van der Waals surface area contributed by atoms with Crippen molar-refractivity contribution in [2.75, 3.05) is 20.3 Å². The highest BCUT2D eigenvalue weighted by Gasteiger charge is 2.35. The van der Waals surface area contributed by atoms with E-state index < -0.39 is 10.0 Å². The zero-order valence-corrected chi connectivity index (χ0v) is 12.9. The summed E-state index contributed by atoms with van der Waals surface area (Å²) in [7, 11) is -1.84. The maximum absolute atomic E-state index is 12.7. The number of piperidine rings is 1. The van der Waals surface area contributed by atoms with Crippen LogP contribution in [0.5, 0.6) is 0 Å². The summed E-state index contributed by atoms with van der Waals surface area (Å²) < 4.78 is 37.0. The molecule has 2 rings (SSSR count). The first-order chi connectivity index (χ1) is 9.57. The van der Waals surface area contributed by atoms with Crippen LogP contribution in [0.25, 0.3) is 0 Å². The van der Waals surface area contributed by atoms with Gasteiger partial charge >= 0.3 is 0 Å². The largest absolute Gasteiger partial charge is 0.385 e. The van der Waals surface area contributed by atoms with Gasteiger partial charge in [0.25, 0.3) is 0 Å². The van der Waals surface area contributed by atoms with Gasteiger partial charge in [0.1, 0.15) is 4.90 Å². The molecule has 6 nitrogen and oxygen atoms in total. The standard InChI is InChI=1S/C13H22N2O4S/c1-11-13(10-14-19-11)20(16,17)15-8-4-3-6-12(15)7-5-9-18-2/h10,12H,3-9H2,1-2H3/t12-/m1/s1. The van der Waals surface area contributed by atoms with Gasteiger partial charge in [-0.3, -0.25) is 0 Å². The second kappa shape index (κ2) is 6.69. The molecule has 0 unspecified atom stereocenters. The quantitative estimate of drug-likeness (QED) is 0.751. The van der Waals surface area contributed by atoms with Crippen LogP contribution in [-0.4, -0.2) is 44.2 Å². The fourth-order valence-electron chi connectivity index (χ4n) is 2.71. The summed E-state index contributed by atoms with van der Waals surface area (Å²) in [5, 5.41) is 3.58. The van der Waals surface area contributed by atoms with E-state index in [9.17, 15) is 8.42 Å². The highest BCUT2D eigenvalue weighted by Crippen LogP contribution is 2.28. The lowest BCUT2D eigenvalue weighted by molar-refractivity contribution is 0.172. The van der Waals surface area contributed by atoms with Crippen LogP contribution in [0.4, 0.5) is 0 Å². The van der Waals surface area contributed by atoms with Crippen molar-refractivity contribution in [1.29, 1.82) is 0 Å². The molecule has 0 N–H and O–H groups in total. The smallest absolute Gasteiger partial charge is 0.248 e. The lowest BCUT2D eigenvalue weighted by Gasteiger charge is -2.34. The fraction of sp³-hybridized carbons (Fsp3) is 0.769. The van der Waals surface area contributed by atoms with Gasteiger partial charge in [0.05, 0.1) is 6.20 Å². The van der Waals surface area contributed by atoms with Crippen molar-refractivity contribution in [3.05, 3.63) is 12.0 Å². The van der Waals surface area contributed by atoms with Crippen molar-refractivity contribution in [2.24, 2.45) is 0 Å². The molecule has 0 bridgehead atoms. The molecule has 114 valence electrons. The van der Waals surface area contributed by atoms with E-state index in [0.717, 1.165) is 32.1 Å². The third-order valence-corrected chi connectivity index (χ3v) is 5.80. The highest BCUT2D eigenvalue weighted by molar-refractivity contribution is 7.89. The highest BCUT2D eigenvalue weighted by atomic mass is 32.2. The van der Waals surface area contributed by atoms with E-state index >= 15 is 0 Å². The van der Waals surface area contributed by atoms with Crippen LogP contribution in [-0.2, 0) is 14.8 Å². The third-order valence-electron chi connectivity index (χ3n) is 3.75. The van der Waals surface area contributed by atoms with E-state index in [1.807, 2.05) is 0 Å². The lowest BCUT2D eigenvalue weighted by Crippen LogP contribution is -2.43. The lowest BCUT2D eigenvalue weighted by atomic mass is 10.0. The third kappa shape index (κ3) is 3.21. The van der Waals surface area contributed by atoms with Gasteiger partial charge in [0, 0.05) is 26.3 Å². The second-order valence-corrected chi connectivity index (χ2v) is 7.01. The summed E-state index contributed by atoms with van der Waals surface area (Å²) >= 11 is 0. The number of sulfonamides is 1. The average molecular weight is 302 g/mol. The fourth-order valence-corrected chi connectivity index (χ4v) is 4.51. The first-order valence-electron chi connectivity index (χ1n) is 6.99. The Balaban J connectivity index is 2.17. The number of ether oxygens (including phenoxy) is 1. The van der Waals surface area contributed by atoms with Gasteiger partial charge in [-0.1, -0.05) is 11.6 Å². The normalized spacial score (nSPS) is 21.2. The van der Waals surface area contributed by atoms with Crippen molar-refractivity contribution in [1.82, 2.24) is 9.46 Å². The van der Waals surface area contributed by atoms with Crippen LogP contribution in [0.15, 0.2) is 15.6 Å². The first-order valence-corrected chi connectivity index (χ1v) is 8.43. The van der Waals surface area contributed by atoms with Gasteiger partial charge in [0.15, 0.2) is 5.76 Å². The molecule has 7 heteroatoms. The Morgan fingerprint density at radius 3 is 2.95 bits per heavy atom. The Morgan fingerprint density at radius 2 is 2.30 bits per heavy atom. The summed E-state index contributed by atoms with van der Waals surface area (Å²) in [4.78, 5) is 0.191. The minimum Gasteiger partial charge on any atom is -0.385 e. The van der Waals surface area contributed by atoms with Gasteiger partial charge in [-0.05, 0) is 32.6 Å². The van der Waals surface area contributed by atoms with Crippen LogP contribution < -0.4 is 0 Å². The number of methoxy groups -OCH3 is 1. The van der Waals surface area contributed by atoms with Crippen molar-refractivity contribution in [2.45, 2.75) is 50.0 Å². The summed E-state index contributed by atoms with van der Waals surface area (Å²) in [5.74, 6) is 0.353. The van der Waals surface area contributed by atoms with Gasteiger partial charge in [-0.2, -0.15) is 4.31 Å². The average Bonchev–Trinajstić information content (AvgIpc) is 2.86. The molecule has 20 heavy (non-hydrogen) atoms. The van der Waals surface area contributed by atoms with Crippen molar-refractivity contribution in [3.8, 4) is 0 Å². The molecule has 1 atom stereocenters. The summed E-state index contributed by atoms with van der Waals surface area (Å²) in [5.41, 5.74) is 0. The maximum Gasteiger partial charge on any atom is 0.248 e. The second-order valence-electron chi connectivity index (χ2n) is 5.15. The molecule has 0 spiro atoms. The van der Waals surface area contributed by atoms with Crippen LogP contribution in [0.1, 0.15) is 37.9 Å². The van der Waals surface area contributed by atoms with Crippen molar-refractivity contribution >= 4 is 10.0 Å². The monoisotopic (exact) mass is 302 g/mol. The van der Waals surface area contributed by atoms with Gasteiger partial charge in [0.2, 0.25) is 10.0 Å². The molecule has 0 aromatic carbocycles. The van der Waals surface area contributed by atoms with Crippen LogP contribution >= 0.6 is 0 Å².